The van der Waals surface area contributed by atoms with Gasteiger partial charge in [-0.1, -0.05) is 12.1 Å². The Labute approximate surface area is 116 Å². The minimum absolute atomic E-state index is 0.0982. The first-order chi connectivity index (χ1) is 9.66. The third kappa shape index (κ3) is 4.16. The molecule has 1 aromatic rings. The molecule has 0 spiro atoms. The lowest BCUT2D eigenvalue weighted by Crippen LogP contribution is -2.30. The lowest BCUT2D eigenvalue weighted by Gasteiger charge is -2.13. The molecule has 6 heteroatoms. The van der Waals surface area contributed by atoms with Gasteiger partial charge >= 0.3 is 6.61 Å². The molecule has 0 bridgehead atoms. The Morgan fingerprint density at radius 1 is 1.45 bits per heavy atom. The maximum atomic E-state index is 12.3. The molecular formula is C14H18F2N2O2. The Balaban J connectivity index is 1.87. The van der Waals surface area contributed by atoms with Gasteiger partial charge in [-0.3, -0.25) is 4.79 Å². The molecule has 0 aromatic heterocycles. The van der Waals surface area contributed by atoms with Gasteiger partial charge in [0, 0.05) is 12.6 Å². The third-order valence-corrected chi connectivity index (χ3v) is 3.29. The van der Waals surface area contributed by atoms with Crippen molar-refractivity contribution in [2.45, 2.75) is 31.9 Å². The lowest BCUT2D eigenvalue weighted by molar-refractivity contribution is -0.0501. The van der Waals surface area contributed by atoms with E-state index in [-0.39, 0.29) is 17.2 Å². The normalized spacial score (nSPS) is 18.2. The largest absolute Gasteiger partial charge is 0.434 e. The molecule has 0 saturated carbocycles. The van der Waals surface area contributed by atoms with Crippen LogP contribution >= 0.6 is 0 Å². The quantitative estimate of drug-likeness (QED) is 0.841. The number of carbonyl (C=O) groups is 1. The SMILES string of the molecule is O=C(NCCC1CCCN1)c1ccccc1OC(F)F. The van der Waals surface area contributed by atoms with E-state index < -0.39 is 6.61 Å². The van der Waals surface area contributed by atoms with E-state index in [1.54, 1.807) is 12.1 Å². The minimum atomic E-state index is -2.94. The summed E-state index contributed by atoms with van der Waals surface area (Å²) in [4.78, 5) is 12.0. The lowest BCUT2D eigenvalue weighted by atomic mass is 10.1. The van der Waals surface area contributed by atoms with Crippen molar-refractivity contribution in [3.05, 3.63) is 29.8 Å². The monoisotopic (exact) mass is 284 g/mol. The Morgan fingerprint density at radius 2 is 2.25 bits per heavy atom. The zero-order chi connectivity index (χ0) is 14.4. The fourth-order valence-electron chi connectivity index (χ4n) is 2.31. The predicted octanol–water partition coefficient (Wildman–Crippen LogP) is 2.16. The molecule has 1 saturated heterocycles. The Bertz CT molecular complexity index is 449. The molecule has 0 aliphatic carbocycles. The molecule has 1 unspecified atom stereocenters. The summed E-state index contributed by atoms with van der Waals surface area (Å²) in [7, 11) is 0. The molecule has 1 aliphatic rings. The number of rotatable bonds is 6. The topological polar surface area (TPSA) is 50.4 Å². The second-order valence-electron chi connectivity index (χ2n) is 4.71. The van der Waals surface area contributed by atoms with E-state index in [1.165, 1.54) is 12.1 Å². The number of alkyl halides is 2. The highest BCUT2D eigenvalue weighted by molar-refractivity contribution is 5.96. The van der Waals surface area contributed by atoms with Gasteiger partial charge in [0.2, 0.25) is 0 Å². The van der Waals surface area contributed by atoms with E-state index >= 15 is 0 Å². The molecule has 1 amide bonds. The number of hydrogen-bond donors (Lipinski definition) is 2. The van der Waals surface area contributed by atoms with Gasteiger partial charge in [-0.15, -0.1) is 0 Å². The van der Waals surface area contributed by atoms with Crippen molar-refractivity contribution in [2.75, 3.05) is 13.1 Å². The molecule has 1 heterocycles. The second-order valence-corrected chi connectivity index (χ2v) is 4.71. The van der Waals surface area contributed by atoms with E-state index in [2.05, 4.69) is 15.4 Å². The van der Waals surface area contributed by atoms with Crippen molar-refractivity contribution in [3.63, 3.8) is 0 Å². The summed E-state index contributed by atoms with van der Waals surface area (Å²) in [5.74, 6) is -0.488. The highest BCUT2D eigenvalue weighted by atomic mass is 19.3. The predicted molar refractivity (Wildman–Crippen MR) is 71.0 cm³/mol. The van der Waals surface area contributed by atoms with Gasteiger partial charge in [0.15, 0.2) is 0 Å². The van der Waals surface area contributed by atoms with Gasteiger partial charge in [-0.2, -0.15) is 8.78 Å². The zero-order valence-electron chi connectivity index (χ0n) is 11.1. The summed E-state index contributed by atoms with van der Waals surface area (Å²) >= 11 is 0. The number of hydrogen-bond acceptors (Lipinski definition) is 3. The minimum Gasteiger partial charge on any atom is -0.434 e. The Hall–Kier alpha value is -1.69. The fourth-order valence-corrected chi connectivity index (χ4v) is 2.31. The molecule has 0 radical (unpaired) electrons. The zero-order valence-corrected chi connectivity index (χ0v) is 11.1. The average molecular weight is 284 g/mol. The molecular weight excluding hydrogens is 266 g/mol. The Kier molecular flexibility index (Phi) is 5.29. The first-order valence-electron chi connectivity index (χ1n) is 6.72. The van der Waals surface area contributed by atoms with Crippen LogP contribution in [0.15, 0.2) is 24.3 Å². The summed E-state index contributed by atoms with van der Waals surface area (Å²) < 4.78 is 28.9. The summed E-state index contributed by atoms with van der Waals surface area (Å²) in [6.45, 7) is -1.41. The van der Waals surface area contributed by atoms with Crippen LogP contribution in [0.1, 0.15) is 29.6 Å². The van der Waals surface area contributed by atoms with Crippen LogP contribution in [0.5, 0.6) is 5.75 Å². The van der Waals surface area contributed by atoms with E-state index in [1.807, 2.05) is 0 Å². The van der Waals surface area contributed by atoms with Crippen molar-refractivity contribution in [1.29, 1.82) is 0 Å². The molecule has 1 aromatic carbocycles. The Morgan fingerprint density at radius 3 is 2.95 bits per heavy atom. The third-order valence-electron chi connectivity index (χ3n) is 3.29. The average Bonchev–Trinajstić information content (AvgIpc) is 2.91. The molecule has 110 valence electrons. The van der Waals surface area contributed by atoms with E-state index in [9.17, 15) is 13.6 Å². The maximum Gasteiger partial charge on any atom is 0.387 e. The van der Waals surface area contributed by atoms with Gasteiger partial charge in [0.05, 0.1) is 5.56 Å². The van der Waals surface area contributed by atoms with Crippen molar-refractivity contribution >= 4 is 5.91 Å². The number of nitrogens with one attached hydrogen (secondary N) is 2. The van der Waals surface area contributed by atoms with E-state index in [0.29, 0.717) is 12.6 Å². The number of carbonyl (C=O) groups excluding carboxylic acids is 1. The first kappa shape index (κ1) is 14.7. The van der Waals surface area contributed by atoms with Crippen LogP contribution in [0.25, 0.3) is 0 Å². The maximum absolute atomic E-state index is 12.3. The molecule has 1 atom stereocenters. The number of para-hydroxylation sites is 1. The van der Waals surface area contributed by atoms with Gasteiger partial charge in [0.1, 0.15) is 5.75 Å². The van der Waals surface area contributed by atoms with Crippen LogP contribution in [0.3, 0.4) is 0 Å². The van der Waals surface area contributed by atoms with Crippen LogP contribution in [0.2, 0.25) is 0 Å². The number of benzene rings is 1. The van der Waals surface area contributed by atoms with Gasteiger partial charge < -0.3 is 15.4 Å². The van der Waals surface area contributed by atoms with E-state index in [0.717, 1.165) is 25.8 Å². The number of halogens is 2. The molecule has 1 fully saturated rings. The summed E-state index contributed by atoms with van der Waals surface area (Å²) in [6, 6.07) is 6.44. The van der Waals surface area contributed by atoms with Crippen LogP contribution < -0.4 is 15.4 Å². The number of ether oxygens (including phenoxy) is 1. The van der Waals surface area contributed by atoms with Crippen LogP contribution in [-0.2, 0) is 0 Å². The highest BCUT2D eigenvalue weighted by Gasteiger charge is 2.17. The molecule has 2 rings (SSSR count). The second kappa shape index (κ2) is 7.19. The van der Waals surface area contributed by atoms with Crippen LogP contribution in [0, 0.1) is 0 Å². The molecule has 20 heavy (non-hydrogen) atoms. The van der Waals surface area contributed by atoms with Crippen LogP contribution in [0.4, 0.5) is 8.78 Å². The van der Waals surface area contributed by atoms with Gasteiger partial charge in [-0.25, -0.2) is 0 Å². The molecule has 2 N–H and O–H groups in total. The summed E-state index contributed by atoms with van der Waals surface area (Å²) in [5, 5.41) is 6.07. The standard InChI is InChI=1S/C14H18F2N2O2/c15-14(16)20-12-6-2-1-5-11(12)13(19)18-9-7-10-4-3-8-17-10/h1-2,5-6,10,14,17H,3-4,7-9H2,(H,18,19). The molecule has 4 nitrogen and oxygen atoms in total. The highest BCUT2D eigenvalue weighted by Crippen LogP contribution is 2.20. The van der Waals surface area contributed by atoms with Crippen molar-refractivity contribution in [3.8, 4) is 5.75 Å². The molecule has 1 aliphatic heterocycles. The number of amides is 1. The fraction of sp³-hybridized carbons (Fsp3) is 0.500. The van der Waals surface area contributed by atoms with Gasteiger partial charge in [-0.05, 0) is 37.9 Å². The van der Waals surface area contributed by atoms with Crippen LogP contribution in [-0.4, -0.2) is 31.7 Å². The van der Waals surface area contributed by atoms with Gasteiger partial charge in [0.25, 0.3) is 5.91 Å². The van der Waals surface area contributed by atoms with E-state index in [4.69, 9.17) is 0 Å². The smallest absolute Gasteiger partial charge is 0.387 e. The van der Waals surface area contributed by atoms with Crippen molar-refractivity contribution in [2.24, 2.45) is 0 Å². The van der Waals surface area contributed by atoms with Crippen molar-refractivity contribution in [1.82, 2.24) is 10.6 Å². The summed E-state index contributed by atoms with van der Waals surface area (Å²) in [5.41, 5.74) is 0.132. The summed E-state index contributed by atoms with van der Waals surface area (Å²) in [6.07, 6.45) is 3.11. The van der Waals surface area contributed by atoms with Crippen molar-refractivity contribution < 1.29 is 18.3 Å². The first-order valence-corrected chi connectivity index (χ1v) is 6.72.